The number of halogens is 1. The first-order valence-corrected chi connectivity index (χ1v) is 8.41. The van der Waals surface area contributed by atoms with Crippen molar-refractivity contribution < 1.29 is 14.3 Å². The van der Waals surface area contributed by atoms with E-state index in [0.29, 0.717) is 18.2 Å². The molecule has 0 unspecified atom stereocenters. The lowest BCUT2D eigenvalue weighted by molar-refractivity contribution is 0.102. The van der Waals surface area contributed by atoms with E-state index in [1.807, 2.05) is 46.0 Å². The van der Waals surface area contributed by atoms with E-state index in [-0.39, 0.29) is 12.3 Å². The van der Waals surface area contributed by atoms with Crippen LogP contribution in [0.5, 0.6) is 0 Å². The number of hydrogen-bond acceptors (Lipinski definition) is 4. The van der Waals surface area contributed by atoms with Crippen molar-refractivity contribution in [1.82, 2.24) is 9.55 Å². The van der Waals surface area contributed by atoms with Crippen LogP contribution in [-0.2, 0) is 13.3 Å². The zero-order valence-electron chi connectivity index (χ0n) is 14.3. The van der Waals surface area contributed by atoms with Crippen LogP contribution in [0.1, 0.15) is 21.9 Å². The van der Waals surface area contributed by atoms with Crippen LogP contribution in [0.25, 0.3) is 6.08 Å². The average molecular weight is 364 g/mol. The number of aliphatic hydroxyl groups excluding tert-OH is 1. The molecule has 0 aliphatic carbocycles. The van der Waals surface area contributed by atoms with E-state index in [9.17, 15) is 14.3 Å². The number of imidazole rings is 1. The van der Waals surface area contributed by atoms with E-state index in [0.717, 1.165) is 11.3 Å². The van der Waals surface area contributed by atoms with E-state index in [1.54, 1.807) is 12.3 Å². The van der Waals surface area contributed by atoms with Gasteiger partial charge in [-0.1, -0.05) is 18.2 Å². The first kappa shape index (κ1) is 17.0. The molecule has 1 aliphatic rings. The number of benzene rings is 2. The minimum Gasteiger partial charge on any atom is -0.392 e. The Labute approximate surface area is 155 Å². The molecule has 2 heterocycles. The van der Waals surface area contributed by atoms with Gasteiger partial charge in [-0.25, -0.2) is 9.37 Å². The highest BCUT2D eigenvalue weighted by atomic mass is 19.1. The summed E-state index contributed by atoms with van der Waals surface area (Å²) >= 11 is 0. The number of carbonyl (C=O) groups is 1. The molecule has 1 aromatic heterocycles. The quantitative estimate of drug-likeness (QED) is 0.746. The minimum atomic E-state index is -0.416. The summed E-state index contributed by atoms with van der Waals surface area (Å²) in [6, 6.07) is 13.3. The molecule has 1 amide bonds. The number of rotatable bonds is 4. The van der Waals surface area contributed by atoms with Crippen molar-refractivity contribution in [2.45, 2.75) is 13.3 Å². The normalized spacial score (nSPS) is 12.7. The average Bonchev–Trinajstić information content (AvgIpc) is 3.11. The topological polar surface area (TPSA) is 70.4 Å². The molecule has 0 saturated carbocycles. The SMILES string of the molecule is O=C(Nc1cccc(F)c1)c1cn2c(n1)C=CN(c1cccc(CO)c1)C2. The molecule has 3 aromatic rings. The standard InChI is InChI=1S/C20H17FN4O2/c21-15-4-2-5-16(10-15)22-20(27)18-11-25-13-24(8-7-19(25)23-18)17-6-1-3-14(9-17)12-26/h1-11,26H,12-13H2,(H,22,27). The number of nitrogens with zero attached hydrogens (tertiary/aromatic N) is 3. The summed E-state index contributed by atoms with van der Waals surface area (Å²) in [5.74, 6) is -0.153. The zero-order chi connectivity index (χ0) is 18.8. The third kappa shape index (κ3) is 3.58. The van der Waals surface area contributed by atoms with Gasteiger partial charge in [0, 0.05) is 23.8 Å². The molecule has 0 saturated heterocycles. The molecule has 27 heavy (non-hydrogen) atoms. The molecule has 7 heteroatoms. The van der Waals surface area contributed by atoms with Gasteiger partial charge in [-0.05, 0) is 42.0 Å². The van der Waals surface area contributed by atoms with E-state index < -0.39 is 11.7 Å². The number of aromatic nitrogens is 2. The van der Waals surface area contributed by atoms with Crippen LogP contribution in [-0.4, -0.2) is 20.6 Å². The summed E-state index contributed by atoms with van der Waals surface area (Å²) in [5, 5.41) is 11.9. The van der Waals surface area contributed by atoms with Gasteiger partial charge in [-0.2, -0.15) is 0 Å². The highest BCUT2D eigenvalue weighted by molar-refractivity contribution is 6.02. The van der Waals surface area contributed by atoms with Crippen molar-refractivity contribution in [3.63, 3.8) is 0 Å². The van der Waals surface area contributed by atoms with Gasteiger partial charge in [0.15, 0.2) is 0 Å². The lowest BCUT2D eigenvalue weighted by Crippen LogP contribution is -2.23. The van der Waals surface area contributed by atoms with Crippen LogP contribution in [0.4, 0.5) is 15.8 Å². The summed E-state index contributed by atoms with van der Waals surface area (Å²) in [5.41, 5.74) is 2.39. The van der Waals surface area contributed by atoms with E-state index in [2.05, 4.69) is 10.3 Å². The van der Waals surface area contributed by atoms with Crippen molar-refractivity contribution in [2.75, 3.05) is 10.2 Å². The summed E-state index contributed by atoms with van der Waals surface area (Å²) in [6.07, 6.45) is 5.36. The molecule has 0 atom stereocenters. The lowest BCUT2D eigenvalue weighted by Gasteiger charge is -2.25. The Balaban J connectivity index is 1.52. The Morgan fingerprint density at radius 2 is 2.07 bits per heavy atom. The largest absolute Gasteiger partial charge is 0.392 e. The summed E-state index contributed by atoms with van der Waals surface area (Å²) in [6.45, 7) is 0.465. The molecule has 2 aromatic carbocycles. The van der Waals surface area contributed by atoms with Crippen molar-refractivity contribution in [1.29, 1.82) is 0 Å². The number of fused-ring (bicyclic) bond motifs is 1. The fourth-order valence-electron chi connectivity index (χ4n) is 2.92. The van der Waals surface area contributed by atoms with Crippen molar-refractivity contribution in [2.24, 2.45) is 0 Å². The van der Waals surface area contributed by atoms with Gasteiger partial charge in [0.05, 0.1) is 6.61 Å². The number of hydrogen-bond donors (Lipinski definition) is 2. The van der Waals surface area contributed by atoms with Gasteiger partial charge < -0.3 is 19.9 Å². The maximum absolute atomic E-state index is 13.3. The van der Waals surface area contributed by atoms with Gasteiger partial charge in [0.1, 0.15) is 24.0 Å². The first-order valence-electron chi connectivity index (χ1n) is 8.41. The number of aliphatic hydroxyl groups is 1. The Morgan fingerprint density at radius 1 is 1.22 bits per heavy atom. The highest BCUT2D eigenvalue weighted by Gasteiger charge is 2.18. The predicted molar refractivity (Wildman–Crippen MR) is 100 cm³/mol. The maximum atomic E-state index is 13.3. The first-order chi connectivity index (χ1) is 13.1. The number of anilines is 2. The summed E-state index contributed by atoms with van der Waals surface area (Å²) in [7, 11) is 0. The Kier molecular flexibility index (Phi) is 4.43. The van der Waals surface area contributed by atoms with Crippen molar-refractivity contribution >= 4 is 23.4 Å². The predicted octanol–water partition coefficient (Wildman–Crippen LogP) is 3.22. The second-order valence-corrected chi connectivity index (χ2v) is 6.17. The smallest absolute Gasteiger partial charge is 0.275 e. The molecule has 1 aliphatic heterocycles. The third-order valence-corrected chi connectivity index (χ3v) is 4.26. The van der Waals surface area contributed by atoms with Crippen LogP contribution < -0.4 is 10.2 Å². The summed E-state index contributed by atoms with van der Waals surface area (Å²) < 4.78 is 15.1. The monoisotopic (exact) mass is 364 g/mol. The zero-order valence-corrected chi connectivity index (χ0v) is 14.3. The van der Waals surface area contributed by atoms with Gasteiger partial charge in [0.2, 0.25) is 0 Å². The van der Waals surface area contributed by atoms with E-state index >= 15 is 0 Å². The molecular weight excluding hydrogens is 347 g/mol. The Bertz CT molecular complexity index is 1030. The number of nitrogens with one attached hydrogen (secondary N) is 1. The highest BCUT2D eigenvalue weighted by Crippen LogP contribution is 2.22. The molecule has 2 N–H and O–H groups in total. The molecule has 4 rings (SSSR count). The van der Waals surface area contributed by atoms with Crippen molar-refractivity contribution in [3.05, 3.63) is 83.8 Å². The number of amides is 1. The van der Waals surface area contributed by atoms with Gasteiger partial charge in [-0.15, -0.1) is 0 Å². The minimum absolute atomic E-state index is 0.0217. The molecule has 0 bridgehead atoms. The third-order valence-electron chi connectivity index (χ3n) is 4.26. The van der Waals surface area contributed by atoms with E-state index in [1.165, 1.54) is 18.2 Å². The van der Waals surface area contributed by atoms with Crippen molar-refractivity contribution in [3.8, 4) is 0 Å². The van der Waals surface area contributed by atoms with Gasteiger partial charge in [-0.3, -0.25) is 4.79 Å². The summed E-state index contributed by atoms with van der Waals surface area (Å²) in [4.78, 5) is 18.7. The number of carbonyl (C=O) groups excluding carboxylic acids is 1. The second kappa shape index (κ2) is 7.05. The van der Waals surface area contributed by atoms with Gasteiger partial charge in [0.25, 0.3) is 5.91 Å². The fraction of sp³-hybridized carbons (Fsp3) is 0.100. The maximum Gasteiger partial charge on any atom is 0.275 e. The lowest BCUT2D eigenvalue weighted by atomic mass is 10.2. The van der Waals surface area contributed by atoms with Gasteiger partial charge >= 0.3 is 0 Å². The van der Waals surface area contributed by atoms with Crippen LogP contribution in [0.15, 0.2) is 60.9 Å². The molecule has 6 nitrogen and oxygen atoms in total. The molecular formula is C20H17FN4O2. The molecule has 136 valence electrons. The fourth-order valence-corrected chi connectivity index (χ4v) is 2.92. The molecule has 0 fully saturated rings. The van der Waals surface area contributed by atoms with Crippen LogP contribution in [0.2, 0.25) is 0 Å². The van der Waals surface area contributed by atoms with Crippen LogP contribution in [0, 0.1) is 5.82 Å². The second-order valence-electron chi connectivity index (χ2n) is 6.17. The Hall–Kier alpha value is -3.45. The Morgan fingerprint density at radius 3 is 2.89 bits per heavy atom. The molecule has 0 spiro atoms. The van der Waals surface area contributed by atoms with E-state index in [4.69, 9.17) is 0 Å². The molecule has 0 radical (unpaired) electrons. The van der Waals surface area contributed by atoms with Crippen LogP contribution >= 0.6 is 0 Å². The van der Waals surface area contributed by atoms with Crippen LogP contribution in [0.3, 0.4) is 0 Å².